The Kier molecular flexibility index (Phi) is 3.42. The summed E-state index contributed by atoms with van der Waals surface area (Å²) < 4.78 is 19.6. The van der Waals surface area contributed by atoms with Crippen molar-refractivity contribution in [1.82, 2.24) is 0 Å². The molecule has 1 aliphatic rings. The zero-order chi connectivity index (χ0) is 13.2. The maximum atomic E-state index is 12.9. The quantitative estimate of drug-likeness (QED) is 0.829. The van der Waals surface area contributed by atoms with Gasteiger partial charge in [-0.15, -0.1) is 0 Å². The highest BCUT2D eigenvalue weighted by Gasteiger charge is 2.18. The van der Waals surface area contributed by atoms with Crippen LogP contribution in [0.3, 0.4) is 0 Å². The van der Waals surface area contributed by atoms with Gasteiger partial charge in [-0.1, -0.05) is 28.1 Å². The van der Waals surface area contributed by atoms with Gasteiger partial charge in [0.1, 0.15) is 18.2 Å². The number of rotatable bonds is 2. The van der Waals surface area contributed by atoms with E-state index < -0.39 is 0 Å². The second-order valence-electron chi connectivity index (χ2n) is 4.51. The highest BCUT2D eigenvalue weighted by atomic mass is 79.9. The minimum Gasteiger partial charge on any atom is -0.490 e. The number of fused-ring (bicyclic) bond motifs is 1. The van der Waals surface area contributed by atoms with Crippen molar-refractivity contribution in [2.24, 2.45) is 0 Å². The van der Waals surface area contributed by atoms with E-state index in [1.807, 2.05) is 30.3 Å². The van der Waals surface area contributed by atoms with Crippen LogP contribution >= 0.6 is 15.9 Å². The van der Waals surface area contributed by atoms with Crippen molar-refractivity contribution in [1.29, 1.82) is 0 Å². The third kappa shape index (κ3) is 2.73. The van der Waals surface area contributed by atoms with Crippen molar-refractivity contribution in [3.05, 3.63) is 58.3 Å². The van der Waals surface area contributed by atoms with Gasteiger partial charge in [0.05, 0.1) is 12.2 Å². The van der Waals surface area contributed by atoms with Crippen LogP contribution in [-0.4, -0.2) is 13.2 Å². The second kappa shape index (κ2) is 5.21. The zero-order valence-electron chi connectivity index (χ0n) is 10.3. The summed E-state index contributed by atoms with van der Waals surface area (Å²) in [6.07, 6.45) is 0. The molecule has 0 fully saturated rings. The standard InChI is InChI=1S/C15H13BrFNO/c16-12-3-6-14-15(9-12)19-8-7-18(14)10-11-1-4-13(17)5-2-11/h1-6,9H,7-8,10H2. The van der Waals surface area contributed by atoms with Crippen LogP contribution in [0.25, 0.3) is 0 Å². The first-order chi connectivity index (χ1) is 9.22. The van der Waals surface area contributed by atoms with Crippen LogP contribution < -0.4 is 9.64 Å². The smallest absolute Gasteiger partial charge is 0.143 e. The van der Waals surface area contributed by atoms with Gasteiger partial charge in [-0.05, 0) is 35.9 Å². The van der Waals surface area contributed by atoms with Gasteiger partial charge in [0.2, 0.25) is 0 Å². The van der Waals surface area contributed by atoms with Crippen molar-refractivity contribution in [2.45, 2.75) is 6.54 Å². The Hall–Kier alpha value is -1.55. The van der Waals surface area contributed by atoms with E-state index in [1.165, 1.54) is 12.1 Å². The summed E-state index contributed by atoms with van der Waals surface area (Å²) in [4.78, 5) is 2.25. The van der Waals surface area contributed by atoms with Crippen molar-refractivity contribution in [2.75, 3.05) is 18.1 Å². The van der Waals surface area contributed by atoms with Crippen LogP contribution in [-0.2, 0) is 6.54 Å². The molecule has 0 atom stereocenters. The van der Waals surface area contributed by atoms with Crippen molar-refractivity contribution in [3.8, 4) is 5.75 Å². The van der Waals surface area contributed by atoms with Gasteiger partial charge in [-0.2, -0.15) is 0 Å². The predicted octanol–water partition coefficient (Wildman–Crippen LogP) is 3.99. The summed E-state index contributed by atoms with van der Waals surface area (Å²) in [5.41, 5.74) is 2.18. The molecule has 0 N–H and O–H groups in total. The van der Waals surface area contributed by atoms with E-state index >= 15 is 0 Å². The highest BCUT2D eigenvalue weighted by molar-refractivity contribution is 9.10. The first kappa shape index (κ1) is 12.5. The van der Waals surface area contributed by atoms with Crippen LogP contribution in [0, 0.1) is 5.82 Å². The lowest BCUT2D eigenvalue weighted by atomic mass is 10.1. The third-order valence-electron chi connectivity index (χ3n) is 3.17. The molecule has 0 bridgehead atoms. The largest absolute Gasteiger partial charge is 0.490 e. The summed E-state index contributed by atoms with van der Waals surface area (Å²) >= 11 is 3.44. The Bertz CT molecular complexity index is 585. The van der Waals surface area contributed by atoms with Crippen LogP contribution in [0.2, 0.25) is 0 Å². The van der Waals surface area contributed by atoms with E-state index in [0.717, 1.165) is 34.6 Å². The van der Waals surface area contributed by atoms with Gasteiger partial charge >= 0.3 is 0 Å². The predicted molar refractivity (Wildman–Crippen MR) is 77.1 cm³/mol. The first-order valence-electron chi connectivity index (χ1n) is 6.14. The molecule has 1 heterocycles. The SMILES string of the molecule is Fc1ccc(CN2CCOc3cc(Br)ccc32)cc1. The molecule has 0 aliphatic carbocycles. The topological polar surface area (TPSA) is 12.5 Å². The second-order valence-corrected chi connectivity index (χ2v) is 5.42. The number of halogens is 2. The van der Waals surface area contributed by atoms with Crippen LogP contribution in [0.5, 0.6) is 5.75 Å². The lowest BCUT2D eigenvalue weighted by Crippen LogP contribution is -2.32. The fourth-order valence-corrected chi connectivity index (χ4v) is 2.57. The van der Waals surface area contributed by atoms with Gasteiger partial charge in [0.25, 0.3) is 0 Å². The molecule has 98 valence electrons. The lowest BCUT2D eigenvalue weighted by Gasteiger charge is -2.31. The number of hydrogen-bond donors (Lipinski definition) is 0. The first-order valence-corrected chi connectivity index (χ1v) is 6.93. The fraction of sp³-hybridized carbons (Fsp3) is 0.200. The summed E-state index contributed by atoms with van der Waals surface area (Å²) in [5, 5.41) is 0. The van der Waals surface area contributed by atoms with Gasteiger partial charge in [0, 0.05) is 11.0 Å². The molecule has 0 unspecified atom stereocenters. The average molecular weight is 322 g/mol. The Balaban J connectivity index is 1.85. The average Bonchev–Trinajstić information content (AvgIpc) is 2.41. The van der Waals surface area contributed by atoms with Crippen molar-refractivity contribution in [3.63, 3.8) is 0 Å². The van der Waals surface area contributed by atoms with Crippen molar-refractivity contribution < 1.29 is 9.13 Å². The molecule has 0 saturated carbocycles. The van der Waals surface area contributed by atoms with E-state index in [1.54, 1.807) is 0 Å². The molecule has 2 nitrogen and oxygen atoms in total. The molecule has 2 aromatic rings. The molecule has 3 rings (SSSR count). The molecule has 0 radical (unpaired) electrons. The Morgan fingerprint density at radius 2 is 1.95 bits per heavy atom. The van der Waals surface area contributed by atoms with Crippen LogP contribution in [0.15, 0.2) is 46.9 Å². The van der Waals surface area contributed by atoms with E-state index in [9.17, 15) is 4.39 Å². The normalized spacial score (nSPS) is 13.9. The zero-order valence-corrected chi connectivity index (χ0v) is 11.9. The van der Waals surface area contributed by atoms with E-state index in [4.69, 9.17) is 4.74 Å². The molecule has 0 spiro atoms. The Morgan fingerprint density at radius 3 is 2.74 bits per heavy atom. The number of anilines is 1. The molecular weight excluding hydrogens is 309 g/mol. The van der Waals surface area contributed by atoms with Gasteiger partial charge in [0.15, 0.2) is 0 Å². The molecule has 4 heteroatoms. The Morgan fingerprint density at radius 1 is 1.16 bits per heavy atom. The highest BCUT2D eigenvalue weighted by Crippen LogP contribution is 2.34. The van der Waals surface area contributed by atoms with E-state index in [0.29, 0.717) is 6.61 Å². The third-order valence-corrected chi connectivity index (χ3v) is 3.66. The maximum Gasteiger partial charge on any atom is 0.143 e. The van der Waals surface area contributed by atoms with Crippen LogP contribution in [0.1, 0.15) is 5.56 Å². The minimum atomic E-state index is -0.199. The number of hydrogen-bond acceptors (Lipinski definition) is 2. The lowest BCUT2D eigenvalue weighted by molar-refractivity contribution is 0.306. The van der Waals surface area contributed by atoms with Crippen LogP contribution in [0.4, 0.5) is 10.1 Å². The number of nitrogens with zero attached hydrogens (tertiary/aromatic N) is 1. The Labute approximate surface area is 119 Å². The summed E-state index contributed by atoms with van der Waals surface area (Å²) in [6.45, 7) is 2.27. The molecule has 0 aromatic heterocycles. The molecule has 0 amide bonds. The summed E-state index contributed by atoms with van der Waals surface area (Å²) in [5.74, 6) is 0.692. The molecule has 2 aromatic carbocycles. The molecular formula is C15H13BrFNO. The fourth-order valence-electron chi connectivity index (χ4n) is 2.23. The molecule has 0 saturated heterocycles. The molecule has 19 heavy (non-hydrogen) atoms. The van der Waals surface area contributed by atoms with Gasteiger partial charge in [-0.25, -0.2) is 4.39 Å². The van der Waals surface area contributed by atoms with Gasteiger partial charge < -0.3 is 9.64 Å². The monoisotopic (exact) mass is 321 g/mol. The molecule has 1 aliphatic heterocycles. The van der Waals surface area contributed by atoms with Gasteiger partial charge in [-0.3, -0.25) is 0 Å². The maximum absolute atomic E-state index is 12.9. The number of benzene rings is 2. The van der Waals surface area contributed by atoms with E-state index in [2.05, 4.69) is 20.8 Å². The van der Waals surface area contributed by atoms with Crippen molar-refractivity contribution >= 4 is 21.6 Å². The minimum absolute atomic E-state index is 0.199. The number of ether oxygens (including phenoxy) is 1. The summed E-state index contributed by atoms with van der Waals surface area (Å²) in [7, 11) is 0. The summed E-state index contributed by atoms with van der Waals surface area (Å²) in [6, 6.07) is 12.7. The van der Waals surface area contributed by atoms with E-state index in [-0.39, 0.29) is 5.82 Å².